The average Bonchev–Trinajstić information content (AvgIpc) is 2.51. The van der Waals surface area contributed by atoms with Gasteiger partial charge in [0.1, 0.15) is 16.9 Å². The van der Waals surface area contributed by atoms with E-state index in [-0.39, 0.29) is 0 Å². The van der Waals surface area contributed by atoms with E-state index in [1.165, 1.54) is 0 Å². The number of halogens is 1. The van der Waals surface area contributed by atoms with Crippen molar-refractivity contribution in [3.63, 3.8) is 0 Å². The van der Waals surface area contributed by atoms with E-state index in [1.54, 1.807) is 0 Å². The molecule has 0 spiro atoms. The van der Waals surface area contributed by atoms with Crippen LogP contribution in [0.5, 0.6) is 11.5 Å². The highest BCUT2D eigenvalue weighted by atomic mass is 35.5. The van der Waals surface area contributed by atoms with Crippen LogP contribution in [0, 0.1) is 0 Å². The molecule has 0 unspecified atom stereocenters. The summed E-state index contributed by atoms with van der Waals surface area (Å²) in [5.41, 5.74) is 0.294. The minimum Gasteiger partial charge on any atom is -0.480 e. The van der Waals surface area contributed by atoms with Crippen molar-refractivity contribution in [1.29, 1.82) is 0 Å². The molecule has 3 rings (SSSR count). The molecule has 2 aromatic rings. The Balaban J connectivity index is 2.28. The Morgan fingerprint density at radius 1 is 1.05 bits per heavy atom. The second-order valence-electron chi connectivity index (χ2n) is 5.10. The summed E-state index contributed by atoms with van der Waals surface area (Å²) in [7, 11) is 0. The molecule has 0 saturated heterocycles. The van der Waals surface area contributed by atoms with Crippen LogP contribution in [0.2, 0.25) is 0 Å². The molecule has 2 aromatic carbocycles. The zero-order chi connectivity index (χ0) is 14.9. The number of hydrogen-bond donors (Lipinski definition) is 1. The summed E-state index contributed by atoms with van der Waals surface area (Å²) < 4.78 is 5.87. The van der Waals surface area contributed by atoms with Crippen LogP contribution in [0.3, 0.4) is 0 Å². The van der Waals surface area contributed by atoms with Crippen molar-refractivity contribution in [2.75, 3.05) is 5.88 Å². The fraction of sp³-hybridized carbons (Fsp3) is 0.235. The van der Waals surface area contributed by atoms with E-state index in [0.717, 1.165) is 0 Å². The van der Waals surface area contributed by atoms with E-state index < -0.39 is 11.4 Å². The van der Waals surface area contributed by atoms with Crippen LogP contribution in [0.15, 0.2) is 48.5 Å². The van der Waals surface area contributed by atoms with Crippen molar-refractivity contribution in [3.05, 3.63) is 59.7 Å². The quantitative estimate of drug-likeness (QED) is 0.862. The van der Waals surface area contributed by atoms with Crippen LogP contribution in [-0.2, 0) is 10.2 Å². The zero-order valence-corrected chi connectivity index (χ0v) is 12.1. The SMILES string of the molecule is O=C(O)C1(CCCCl)c2ccccc2Oc2ccccc21. The zero-order valence-electron chi connectivity index (χ0n) is 11.4. The first-order valence-corrected chi connectivity index (χ1v) is 7.40. The molecule has 1 aliphatic heterocycles. The fourth-order valence-corrected chi connectivity index (χ4v) is 3.15. The average molecular weight is 303 g/mol. The molecule has 1 N–H and O–H groups in total. The summed E-state index contributed by atoms with van der Waals surface area (Å²) in [6, 6.07) is 14.7. The Labute approximate surface area is 128 Å². The van der Waals surface area contributed by atoms with Gasteiger partial charge < -0.3 is 9.84 Å². The van der Waals surface area contributed by atoms with Gasteiger partial charge in [0, 0.05) is 17.0 Å². The Bertz CT molecular complexity index is 636. The number of benzene rings is 2. The van der Waals surface area contributed by atoms with Crippen molar-refractivity contribution in [2.45, 2.75) is 18.3 Å². The lowest BCUT2D eigenvalue weighted by Gasteiger charge is -2.36. The predicted molar refractivity (Wildman–Crippen MR) is 81.3 cm³/mol. The van der Waals surface area contributed by atoms with E-state index in [0.29, 0.717) is 41.3 Å². The number of aliphatic carboxylic acids is 1. The molecule has 4 heteroatoms. The van der Waals surface area contributed by atoms with Crippen molar-refractivity contribution >= 4 is 17.6 Å². The standard InChI is InChI=1S/C17H15ClO3/c18-11-5-10-17(16(19)20)12-6-1-3-8-14(12)21-15-9-4-2-7-13(15)17/h1-4,6-9H,5,10-11H2,(H,19,20). The first kappa shape index (κ1) is 14.0. The molecular formula is C17H15ClO3. The van der Waals surface area contributed by atoms with E-state index in [9.17, 15) is 9.90 Å². The molecule has 3 nitrogen and oxygen atoms in total. The van der Waals surface area contributed by atoms with Gasteiger partial charge in [-0.05, 0) is 25.0 Å². The largest absolute Gasteiger partial charge is 0.480 e. The number of carboxylic acid groups (broad SMARTS) is 1. The Morgan fingerprint density at radius 3 is 2.05 bits per heavy atom. The van der Waals surface area contributed by atoms with Gasteiger partial charge in [-0.25, -0.2) is 0 Å². The molecule has 0 aromatic heterocycles. The third kappa shape index (κ3) is 2.09. The predicted octanol–water partition coefficient (Wildman–Crippen LogP) is 4.18. The highest BCUT2D eigenvalue weighted by Gasteiger charge is 2.47. The summed E-state index contributed by atoms with van der Waals surface area (Å²) in [6.07, 6.45) is 1.07. The number of hydrogen-bond acceptors (Lipinski definition) is 2. The number of ether oxygens (including phenoxy) is 1. The first-order valence-electron chi connectivity index (χ1n) is 6.86. The van der Waals surface area contributed by atoms with Gasteiger partial charge in [-0.1, -0.05) is 36.4 Å². The second kappa shape index (κ2) is 5.41. The van der Waals surface area contributed by atoms with E-state index in [2.05, 4.69) is 0 Å². The summed E-state index contributed by atoms with van der Waals surface area (Å²) >= 11 is 5.82. The minimum absolute atomic E-state index is 0.431. The van der Waals surface area contributed by atoms with Crippen LogP contribution in [-0.4, -0.2) is 17.0 Å². The highest BCUT2D eigenvalue weighted by molar-refractivity contribution is 6.17. The number of carboxylic acids is 1. The van der Waals surface area contributed by atoms with Crippen LogP contribution >= 0.6 is 11.6 Å². The normalized spacial score (nSPS) is 14.7. The number of rotatable bonds is 4. The lowest BCUT2D eigenvalue weighted by atomic mass is 9.69. The molecule has 0 aliphatic carbocycles. The van der Waals surface area contributed by atoms with Crippen LogP contribution in [0.25, 0.3) is 0 Å². The van der Waals surface area contributed by atoms with Gasteiger partial charge in [0.15, 0.2) is 0 Å². The topological polar surface area (TPSA) is 46.5 Å². The molecule has 0 fully saturated rings. The fourth-order valence-electron chi connectivity index (χ4n) is 3.02. The third-order valence-corrected chi connectivity index (χ3v) is 4.23. The number of fused-ring (bicyclic) bond motifs is 2. The molecule has 21 heavy (non-hydrogen) atoms. The third-order valence-electron chi connectivity index (χ3n) is 3.96. The Morgan fingerprint density at radius 2 is 1.57 bits per heavy atom. The Kier molecular flexibility index (Phi) is 3.60. The molecule has 108 valence electrons. The molecule has 0 amide bonds. The molecule has 0 bridgehead atoms. The molecule has 1 heterocycles. The second-order valence-corrected chi connectivity index (χ2v) is 5.48. The molecule has 1 aliphatic rings. The number of para-hydroxylation sites is 2. The minimum atomic E-state index is -1.10. The van der Waals surface area contributed by atoms with Gasteiger partial charge in [0.25, 0.3) is 0 Å². The monoisotopic (exact) mass is 302 g/mol. The maximum atomic E-state index is 12.2. The number of alkyl halides is 1. The summed E-state index contributed by atoms with van der Waals surface area (Å²) in [6.45, 7) is 0. The van der Waals surface area contributed by atoms with Gasteiger partial charge in [-0.2, -0.15) is 0 Å². The lowest BCUT2D eigenvalue weighted by Crippen LogP contribution is -2.39. The van der Waals surface area contributed by atoms with E-state index in [1.807, 2.05) is 48.5 Å². The van der Waals surface area contributed by atoms with E-state index in [4.69, 9.17) is 16.3 Å². The van der Waals surface area contributed by atoms with Gasteiger partial charge in [0.2, 0.25) is 0 Å². The van der Waals surface area contributed by atoms with Crippen LogP contribution in [0.1, 0.15) is 24.0 Å². The van der Waals surface area contributed by atoms with Gasteiger partial charge in [-0.3, -0.25) is 4.79 Å². The van der Waals surface area contributed by atoms with Gasteiger partial charge in [-0.15, -0.1) is 11.6 Å². The molecule has 0 radical (unpaired) electrons. The summed E-state index contributed by atoms with van der Waals surface area (Å²) in [5.74, 6) is 0.775. The van der Waals surface area contributed by atoms with Crippen molar-refractivity contribution in [2.24, 2.45) is 0 Å². The van der Waals surface area contributed by atoms with Gasteiger partial charge in [0.05, 0.1) is 0 Å². The lowest BCUT2D eigenvalue weighted by molar-refractivity contribution is -0.142. The van der Waals surface area contributed by atoms with Crippen LogP contribution in [0.4, 0.5) is 0 Å². The summed E-state index contributed by atoms with van der Waals surface area (Å²) in [4.78, 5) is 12.2. The maximum absolute atomic E-state index is 12.2. The van der Waals surface area contributed by atoms with E-state index >= 15 is 0 Å². The van der Waals surface area contributed by atoms with Gasteiger partial charge >= 0.3 is 5.97 Å². The highest BCUT2D eigenvalue weighted by Crippen LogP contribution is 2.50. The smallest absolute Gasteiger partial charge is 0.318 e. The van der Waals surface area contributed by atoms with Crippen molar-refractivity contribution < 1.29 is 14.6 Å². The molecular weight excluding hydrogens is 288 g/mol. The maximum Gasteiger partial charge on any atom is 0.318 e. The van der Waals surface area contributed by atoms with Crippen molar-refractivity contribution in [1.82, 2.24) is 0 Å². The molecule has 0 atom stereocenters. The van der Waals surface area contributed by atoms with Crippen LogP contribution < -0.4 is 4.74 Å². The molecule has 0 saturated carbocycles. The first-order chi connectivity index (χ1) is 10.2. The summed E-state index contributed by atoms with van der Waals surface area (Å²) in [5, 5.41) is 10.0. The number of carbonyl (C=O) groups is 1. The Hall–Kier alpha value is -2.00. The van der Waals surface area contributed by atoms with Crippen molar-refractivity contribution in [3.8, 4) is 11.5 Å².